The maximum absolute atomic E-state index is 12.9. The second kappa shape index (κ2) is 7.37. The van der Waals surface area contributed by atoms with Crippen molar-refractivity contribution in [3.8, 4) is 5.75 Å². The molecule has 4 heteroatoms. The van der Waals surface area contributed by atoms with Gasteiger partial charge in [0, 0.05) is 17.0 Å². The van der Waals surface area contributed by atoms with Crippen molar-refractivity contribution in [2.75, 3.05) is 0 Å². The number of phenolic OH excluding ortho intramolecular Hbond substituents is 1. The van der Waals surface area contributed by atoms with E-state index in [0.717, 1.165) is 35.6 Å². The van der Waals surface area contributed by atoms with Crippen molar-refractivity contribution in [3.63, 3.8) is 0 Å². The first-order chi connectivity index (χ1) is 12.3. The number of benzene rings is 1. The van der Waals surface area contributed by atoms with E-state index in [1.807, 2.05) is 6.07 Å². The second-order valence-electron chi connectivity index (χ2n) is 8.80. The largest absolute Gasteiger partial charge is 0.507 e. The summed E-state index contributed by atoms with van der Waals surface area (Å²) in [6.07, 6.45) is 1.63. The van der Waals surface area contributed by atoms with E-state index in [1.54, 1.807) is 6.08 Å². The minimum Gasteiger partial charge on any atom is -0.507 e. The summed E-state index contributed by atoms with van der Waals surface area (Å²) in [5.41, 5.74) is 1.80. The van der Waals surface area contributed by atoms with E-state index in [-0.39, 0.29) is 28.9 Å². The third-order valence-corrected chi connectivity index (χ3v) is 6.24. The van der Waals surface area contributed by atoms with Gasteiger partial charge < -0.3 is 5.11 Å². The third-order valence-electron chi connectivity index (χ3n) is 6.24. The van der Waals surface area contributed by atoms with Gasteiger partial charge in [-0.25, -0.2) is 0 Å². The molecule has 2 rings (SSSR count). The number of alkyl halides is 3. The molecule has 150 valence electrons. The summed E-state index contributed by atoms with van der Waals surface area (Å²) in [5, 5.41) is 11.0. The van der Waals surface area contributed by atoms with Crippen LogP contribution in [0.3, 0.4) is 0 Å². The SMILES string of the molecule is CCC(C)(C)c1cc([C@H]2C=CC(C(F)(F)F)=CC2)c(O)c(C(C)(C)CC)c1. The predicted octanol–water partition coefficient (Wildman–Crippen LogP) is 7.30. The topological polar surface area (TPSA) is 20.2 Å². The van der Waals surface area contributed by atoms with E-state index in [4.69, 9.17) is 0 Å². The first-order valence-corrected chi connectivity index (χ1v) is 9.67. The molecular weight excluding hydrogens is 349 g/mol. The molecule has 1 nitrogen and oxygen atoms in total. The molecule has 1 aliphatic rings. The average molecular weight is 380 g/mol. The van der Waals surface area contributed by atoms with Gasteiger partial charge in [-0.3, -0.25) is 0 Å². The normalized spacial score (nSPS) is 18.6. The van der Waals surface area contributed by atoms with Crippen LogP contribution in [0, 0.1) is 0 Å². The Hall–Kier alpha value is -1.71. The van der Waals surface area contributed by atoms with E-state index >= 15 is 0 Å². The van der Waals surface area contributed by atoms with Crippen molar-refractivity contribution in [1.29, 1.82) is 0 Å². The molecular formula is C23H31F3O. The van der Waals surface area contributed by atoms with E-state index in [9.17, 15) is 18.3 Å². The summed E-state index contributed by atoms with van der Waals surface area (Å²) in [4.78, 5) is 0. The van der Waals surface area contributed by atoms with Gasteiger partial charge in [0.15, 0.2) is 0 Å². The monoisotopic (exact) mass is 380 g/mol. The molecule has 1 aromatic rings. The van der Waals surface area contributed by atoms with Crippen LogP contribution in [0.15, 0.2) is 35.9 Å². The van der Waals surface area contributed by atoms with Crippen LogP contribution in [0.25, 0.3) is 0 Å². The van der Waals surface area contributed by atoms with Crippen molar-refractivity contribution >= 4 is 0 Å². The van der Waals surface area contributed by atoms with Crippen molar-refractivity contribution in [3.05, 3.63) is 52.6 Å². The highest BCUT2D eigenvalue weighted by atomic mass is 19.4. The quantitative estimate of drug-likeness (QED) is 0.568. The fraction of sp³-hybridized carbons (Fsp3) is 0.565. The molecule has 0 bridgehead atoms. The zero-order valence-corrected chi connectivity index (χ0v) is 17.2. The molecule has 1 aromatic carbocycles. The Morgan fingerprint density at radius 3 is 2.04 bits per heavy atom. The van der Waals surface area contributed by atoms with Crippen LogP contribution in [-0.4, -0.2) is 11.3 Å². The van der Waals surface area contributed by atoms with Crippen molar-refractivity contribution < 1.29 is 18.3 Å². The fourth-order valence-electron chi connectivity index (χ4n) is 3.30. The molecule has 0 unspecified atom stereocenters. The molecule has 1 N–H and O–H groups in total. The summed E-state index contributed by atoms with van der Waals surface area (Å²) >= 11 is 0. The zero-order chi connectivity index (χ0) is 20.6. The molecule has 0 fully saturated rings. The van der Waals surface area contributed by atoms with Crippen LogP contribution in [0.4, 0.5) is 13.2 Å². The minimum atomic E-state index is -4.33. The lowest BCUT2D eigenvalue weighted by atomic mass is 9.73. The van der Waals surface area contributed by atoms with Crippen LogP contribution in [0.1, 0.15) is 83.4 Å². The molecule has 1 atom stereocenters. The third kappa shape index (κ3) is 4.41. The lowest BCUT2D eigenvalue weighted by molar-refractivity contribution is -0.0886. The first-order valence-electron chi connectivity index (χ1n) is 9.67. The van der Waals surface area contributed by atoms with Crippen LogP contribution in [0.2, 0.25) is 0 Å². The molecule has 0 saturated carbocycles. The number of phenols is 1. The molecule has 27 heavy (non-hydrogen) atoms. The Labute approximate surface area is 161 Å². The van der Waals surface area contributed by atoms with E-state index in [1.165, 1.54) is 6.08 Å². The van der Waals surface area contributed by atoms with Gasteiger partial charge in [-0.1, -0.05) is 71.9 Å². The average Bonchev–Trinajstić information content (AvgIpc) is 2.61. The van der Waals surface area contributed by atoms with Crippen LogP contribution in [-0.2, 0) is 10.8 Å². The van der Waals surface area contributed by atoms with Crippen molar-refractivity contribution in [1.82, 2.24) is 0 Å². The molecule has 0 amide bonds. The van der Waals surface area contributed by atoms with Crippen molar-refractivity contribution in [2.24, 2.45) is 0 Å². The highest BCUT2D eigenvalue weighted by Crippen LogP contribution is 2.44. The lowest BCUT2D eigenvalue weighted by Crippen LogP contribution is -2.21. The van der Waals surface area contributed by atoms with Gasteiger partial charge in [-0.15, -0.1) is 0 Å². The molecule has 0 saturated heterocycles. The Kier molecular flexibility index (Phi) is 5.89. The van der Waals surface area contributed by atoms with Crippen LogP contribution in [0.5, 0.6) is 5.75 Å². The number of aromatic hydroxyl groups is 1. The van der Waals surface area contributed by atoms with Gasteiger partial charge in [0.2, 0.25) is 0 Å². The first kappa shape index (κ1) is 21.6. The molecule has 0 radical (unpaired) electrons. The highest BCUT2D eigenvalue weighted by molar-refractivity contribution is 5.52. The van der Waals surface area contributed by atoms with Gasteiger partial charge in [0.25, 0.3) is 0 Å². The maximum atomic E-state index is 12.9. The van der Waals surface area contributed by atoms with Crippen LogP contribution < -0.4 is 0 Å². The summed E-state index contributed by atoms with van der Waals surface area (Å²) in [5.74, 6) is -0.0360. The Bertz CT molecular complexity index is 752. The number of rotatable bonds is 5. The summed E-state index contributed by atoms with van der Waals surface area (Å²) in [7, 11) is 0. The Morgan fingerprint density at radius 1 is 1.00 bits per heavy atom. The van der Waals surface area contributed by atoms with Gasteiger partial charge in [0.1, 0.15) is 5.75 Å². The molecule has 0 spiro atoms. The highest BCUT2D eigenvalue weighted by Gasteiger charge is 2.34. The van der Waals surface area contributed by atoms with E-state index < -0.39 is 11.7 Å². The van der Waals surface area contributed by atoms with Gasteiger partial charge in [-0.2, -0.15) is 13.2 Å². The number of hydrogen-bond donors (Lipinski definition) is 1. The summed E-state index contributed by atoms with van der Waals surface area (Å²) in [6.45, 7) is 12.7. The van der Waals surface area contributed by atoms with E-state index in [2.05, 4.69) is 47.6 Å². The maximum Gasteiger partial charge on any atom is 0.416 e. The Morgan fingerprint density at radius 2 is 1.59 bits per heavy atom. The second-order valence-corrected chi connectivity index (χ2v) is 8.80. The van der Waals surface area contributed by atoms with Crippen LogP contribution >= 0.6 is 0 Å². The van der Waals surface area contributed by atoms with E-state index in [0.29, 0.717) is 0 Å². The predicted molar refractivity (Wildman–Crippen MR) is 105 cm³/mol. The molecule has 0 aliphatic heterocycles. The smallest absolute Gasteiger partial charge is 0.416 e. The molecule has 1 aliphatic carbocycles. The lowest BCUT2D eigenvalue weighted by Gasteiger charge is -2.32. The molecule has 0 heterocycles. The number of halogens is 3. The van der Waals surface area contributed by atoms with Gasteiger partial charge in [-0.05, 0) is 35.7 Å². The van der Waals surface area contributed by atoms with Crippen molar-refractivity contribution in [2.45, 2.75) is 83.7 Å². The summed E-state index contributed by atoms with van der Waals surface area (Å²) < 4.78 is 38.7. The molecule has 0 aromatic heterocycles. The summed E-state index contributed by atoms with van der Waals surface area (Å²) in [6, 6.07) is 4.06. The minimum absolute atomic E-state index is 0.0770. The zero-order valence-electron chi connectivity index (χ0n) is 17.2. The number of allylic oxidation sites excluding steroid dienone is 4. The van der Waals surface area contributed by atoms with Gasteiger partial charge in [0.05, 0.1) is 5.57 Å². The number of hydrogen-bond acceptors (Lipinski definition) is 1. The standard InChI is InChI=1S/C23H31F3O/c1-7-21(3,4)17-13-18(20(27)19(14-17)22(5,6)8-2)15-9-11-16(12-10-15)23(24,25)26/h9,11-15,27H,7-8,10H2,1-6H3/t15-/m0/s1. The Balaban J connectivity index is 2.57. The fourth-order valence-corrected chi connectivity index (χ4v) is 3.30. The van der Waals surface area contributed by atoms with Gasteiger partial charge >= 0.3 is 6.18 Å².